The number of nitrogen functional groups attached to an aromatic ring is 1. The molecular weight excluding hydrogens is 488 g/mol. The van der Waals surface area contributed by atoms with E-state index in [1.807, 2.05) is 24.3 Å². The van der Waals surface area contributed by atoms with Crippen molar-refractivity contribution in [1.82, 2.24) is 10.2 Å². The van der Waals surface area contributed by atoms with Gasteiger partial charge in [0.1, 0.15) is 23.7 Å². The number of rotatable bonds is 10. The second-order valence-corrected chi connectivity index (χ2v) is 8.12. The lowest BCUT2D eigenvalue weighted by Crippen LogP contribution is -2.54. The second-order valence-electron chi connectivity index (χ2n) is 8.12. The van der Waals surface area contributed by atoms with Crippen LogP contribution >= 0.6 is 12.4 Å². The molecular formula is C24H33ClN6O5. The topological polar surface area (TPSA) is 164 Å². The van der Waals surface area contributed by atoms with Crippen LogP contribution in [0.15, 0.2) is 48.5 Å². The molecule has 0 aliphatic carbocycles. The summed E-state index contributed by atoms with van der Waals surface area (Å²) < 4.78 is 5.42. The van der Waals surface area contributed by atoms with E-state index in [9.17, 15) is 19.8 Å². The number of benzene rings is 2. The first-order chi connectivity index (χ1) is 16.8. The van der Waals surface area contributed by atoms with Gasteiger partial charge in [0.2, 0.25) is 11.8 Å². The van der Waals surface area contributed by atoms with Crippen LogP contribution < -0.4 is 26.0 Å². The third kappa shape index (κ3) is 7.23. The molecule has 11 nitrogen and oxygen atoms in total. The molecule has 36 heavy (non-hydrogen) atoms. The Balaban J connectivity index is 0.00000456. The van der Waals surface area contributed by atoms with Gasteiger partial charge in [-0.2, -0.15) is 0 Å². The Morgan fingerprint density at radius 2 is 1.83 bits per heavy atom. The minimum Gasteiger partial charge on any atom is -0.495 e. The van der Waals surface area contributed by atoms with Crippen molar-refractivity contribution in [2.24, 2.45) is 5.73 Å². The number of carbonyl (C=O) groups is 2. The average Bonchev–Trinajstić information content (AvgIpc) is 2.89. The van der Waals surface area contributed by atoms with Crippen molar-refractivity contribution in [2.75, 3.05) is 56.7 Å². The normalized spacial score (nSPS) is 14.8. The largest absolute Gasteiger partial charge is 0.495 e. The standard InChI is InChI=1S/C24H32N6O5.ClH/c1-35-20-8-3-2-7-18(20)29-9-11-30(12-10-29)21(33)14-27-24(34)22(19(32)15-31)28-17-6-4-5-16(13-17)23(25)26;/h2-8,13,19,22,28,31-32H,9-12,14-15H2,1H3,(H3,25,26)(H,27,34);1H. The molecule has 12 heteroatoms. The van der Waals surface area contributed by atoms with Crippen molar-refractivity contribution in [3.63, 3.8) is 0 Å². The Labute approximate surface area is 216 Å². The highest BCUT2D eigenvalue weighted by molar-refractivity contribution is 5.96. The smallest absolute Gasteiger partial charge is 0.245 e. The number of anilines is 2. The molecule has 1 aliphatic heterocycles. The first-order valence-corrected chi connectivity index (χ1v) is 11.3. The molecule has 0 radical (unpaired) electrons. The Morgan fingerprint density at radius 3 is 2.47 bits per heavy atom. The van der Waals surface area contributed by atoms with E-state index >= 15 is 0 Å². The molecule has 2 aromatic carbocycles. The minimum atomic E-state index is -1.41. The number of methoxy groups -OCH3 is 1. The van der Waals surface area contributed by atoms with Gasteiger partial charge in [-0.05, 0) is 24.3 Å². The van der Waals surface area contributed by atoms with Gasteiger partial charge in [0, 0.05) is 37.4 Å². The van der Waals surface area contributed by atoms with E-state index < -0.39 is 24.7 Å². The highest BCUT2D eigenvalue weighted by Crippen LogP contribution is 2.28. The molecule has 1 aliphatic rings. The van der Waals surface area contributed by atoms with Gasteiger partial charge in [0.25, 0.3) is 0 Å². The zero-order valence-corrected chi connectivity index (χ0v) is 20.8. The summed E-state index contributed by atoms with van der Waals surface area (Å²) in [5, 5.41) is 32.5. The van der Waals surface area contributed by atoms with Crippen molar-refractivity contribution in [3.8, 4) is 5.75 Å². The lowest BCUT2D eigenvalue weighted by molar-refractivity contribution is -0.134. The predicted octanol–water partition coefficient (Wildman–Crippen LogP) is -0.000230. The fourth-order valence-corrected chi connectivity index (χ4v) is 3.87. The number of hydrogen-bond acceptors (Lipinski definition) is 8. The van der Waals surface area contributed by atoms with E-state index in [0.717, 1.165) is 11.4 Å². The zero-order chi connectivity index (χ0) is 25.4. The van der Waals surface area contributed by atoms with Gasteiger partial charge in [0.05, 0.1) is 25.9 Å². The van der Waals surface area contributed by atoms with E-state index in [1.54, 1.807) is 36.3 Å². The van der Waals surface area contributed by atoms with Crippen molar-refractivity contribution < 1.29 is 24.5 Å². The van der Waals surface area contributed by atoms with E-state index in [-0.39, 0.29) is 30.7 Å². The molecule has 7 N–H and O–H groups in total. The van der Waals surface area contributed by atoms with Gasteiger partial charge < -0.3 is 41.1 Å². The Bertz CT molecular complexity index is 1050. The number of hydrogen-bond donors (Lipinski definition) is 6. The number of nitrogens with zero attached hydrogens (tertiary/aromatic N) is 2. The van der Waals surface area contributed by atoms with Gasteiger partial charge in [-0.3, -0.25) is 15.0 Å². The van der Waals surface area contributed by atoms with Gasteiger partial charge in [0.15, 0.2) is 0 Å². The molecule has 0 aromatic heterocycles. The summed E-state index contributed by atoms with van der Waals surface area (Å²) in [6.07, 6.45) is -1.41. The summed E-state index contributed by atoms with van der Waals surface area (Å²) in [6, 6.07) is 13.0. The summed E-state index contributed by atoms with van der Waals surface area (Å²) in [7, 11) is 1.62. The molecule has 2 aromatic rings. The quantitative estimate of drug-likeness (QED) is 0.188. The highest BCUT2D eigenvalue weighted by atomic mass is 35.5. The van der Waals surface area contributed by atoms with Gasteiger partial charge >= 0.3 is 0 Å². The summed E-state index contributed by atoms with van der Waals surface area (Å²) in [5.74, 6) is -0.252. The second kappa shape index (κ2) is 13.5. The molecule has 0 bridgehead atoms. The lowest BCUT2D eigenvalue weighted by Gasteiger charge is -2.36. The number of aliphatic hydroxyl groups excluding tert-OH is 2. The van der Waals surface area contributed by atoms with E-state index in [1.165, 1.54) is 0 Å². The SMILES string of the molecule is COc1ccccc1N1CCN(C(=O)CNC(=O)C(Nc2cccc(C(=N)N)c2)C(O)CO)CC1.Cl. The summed E-state index contributed by atoms with van der Waals surface area (Å²) in [6.45, 7) is 1.34. The number of nitrogens with one attached hydrogen (secondary N) is 3. The van der Waals surface area contributed by atoms with Crippen LogP contribution in [0.3, 0.4) is 0 Å². The van der Waals surface area contributed by atoms with Crippen LogP contribution in [0.25, 0.3) is 0 Å². The van der Waals surface area contributed by atoms with Crippen molar-refractivity contribution in [3.05, 3.63) is 54.1 Å². The zero-order valence-electron chi connectivity index (χ0n) is 20.0. The summed E-state index contributed by atoms with van der Waals surface area (Å²) >= 11 is 0. The Kier molecular flexibility index (Phi) is 10.8. The molecule has 0 spiro atoms. The molecule has 2 unspecified atom stereocenters. The summed E-state index contributed by atoms with van der Waals surface area (Å²) in [5.41, 5.74) is 7.35. The molecule has 196 valence electrons. The third-order valence-corrected chi connectivity index (χ3v) is 5.82. The Hall–Kier alpha value is -3.54. The maximum Gasteiger partial charge on any atom is 0.245 e. The van der Waals surface area contributed by atoms with E-state index in [4.69, 9.17) is 15.9 Å². The number of ether oxygens (including phenoxy) is 1. The van der Waals surface area contributed by atoms with Crippen molar-refractivity contribution >= 4 is 41.4 Å². The summed E-state index contributed by atoms with van der Waals surface area (Å²) in [4.78, 5) is 29.3. The molecule has 2 amide bonds. The number of carbonyl (C=O) groups excluding carboxylic acids is 2. The van der Waals surface area contributed by atoms with Crippen molar-refractivity contribution in [2.45, 2.75) is 12.1 Å². The monoisotopic (exact) mass is 520 g/mol. The molecule has 1 fully saturated rings. The number of nitrogens with two attached hydrogens (primary N) is 1. The van der Waals surface area contributed by atoms with Crippen LogP contribution in [0, 0.1) is 5.41 Å². The van der Waals surface area contributed by atoms with Crippen LogP contribution in [0.4, 0.5) is 11.4 Å². The number of halogens is 1. The average molecular weight is 521 g/mol. The molecule has 1 saturated heterocycles. The first kappa shape index (κ1) is 28.7. The van der Waals surface area contributed by atoms with Crippen LogP contribution in [0.1, 0.15) is 5.56 Å². The van der Waals surface area contributed by atoms with Crippen LogP contribution in [-0.2, 0) is 9.59 Å². The maximum atomic E-state index is 12.8. The fourth-order valence-electron chi connectivity index (χ4n) is 3.87. The van der Waals surface area contributed by atoms with Crippen LogP contribution in [0.5, 0.6) is 5.75 Å². The predicted molar refractivity (Wildman–Crippen MR) is 140 cm³/mol. The first-order valence-electron chi connectivity index (χ1n) is 11.3. The van der Waals surface area contributed by atoms with Gasteiger partial charge in [-0.25, -0.2) is 0 Å². The molecule has 0 saturated carbocycles. The lowest BCUT2D eigenvalue weighted by atomic mass is 10.1. The number of piperazine rings is 1. The minimum absolute atomic E-state index is 0. The number of para-hydroxylation sites is 2. The fraction of sp³-hybridized carbons (Fsp3) is 0.375. The Morgan fingerprint density at radius 1 is 1.14 bits per heavy atom. The van der Waals surface area contributed by atoms with Crippen molar-refractivity contribution in [1.29, 1.82) is 5.41 Å². The number of aliphatic hydroxyl groups is 2. The van der Waals surface area contributed by atoms with Crippen LogP contribution in [0.2, 0.25) is 0 Å². The molecule has 2 atom stereocenters. The van der Waals surface area contributed by atoms with E-state index in [0.29, 0.717) is 37.4 Å². The molecule has 3 rings (SSSR count). The van der Waals surface area contributed by atoms with Gasteiger partial charge in [-0.15, -0.1) is 12.4 Å². The van der Waals surface area contributed by atoms with Crippen LogP contribution in [-0.4, -0.2) is 91.3 Å². The third-order valence-electron chi connectivity index (χ3n) is 5.82. The number of amides is 2. The number of amidine groups is 1. The molecule has 1 heterocycles. The van der Waals surface area contributed by atoms with E-state index in [2.05, 4.69) is 15.5 Å². The highest BCUT2D eigenvalue weighted by Gasteiger charge is 2.28. The van der Waals surface area contributed by atoms with Gasteiger partial charge in [-0.1, -0.05) is 24.3 Å². The maximum absolute atomic E-state index is 12.8.